The summed E-state index contributed by atoms with van der Waals surface area (Å²) in [6, 6.07) is 4.66. The number of aromatic nitrogens is 1. The molecule has 0 radical (unpaired) electrons. The quantitative estimate of drug-likeness (QED) is 0.546. The maximum absolute atomic E-state index is 13.4. The predicted octanol–water partition coefficient (Wildman–Crippen LogP) is 5.03. The molecule has 0 unspecified atom stereocenters. The number of hydrogen-bond donors (Lipinski definition) is 1. The van der Waals surface area contributed by atoms with Crippen molar-refractivity contribution in [2.45, 2.75) is 32.6 Å². The number of pyridine rings is 1. The average Bonchev–Trinajstić information content (AvgIpc) is 2.51. The van der Waals surface area contributed by atoms with Gasteiger partial charge < -0.3 is 5.11 Å². The van der Waals surface area contributed by atoms with Crippen LogP contribution in [0.25, 0.3) is 11.3 Å². The van der Waals surface area contributed by atoms with Gasteiger partial charge >= 0.3 is 69.7 Å². The summed E-state index contributed by atoms with van der Waals surface area (Å²) in [5, 5.41) is 9.25. The number of aromatic carboxylic acids is 1. The number of carbonyl (C=O) groups is 1. The molecule has 0 saturated heterocycles. The van der Waals surface area contributed by atoms with Crippen molar-refractivity contribution in [1.29, 1.82) is 0 Å². The second kappa shape index (κ2) is 9.25. The fourth-order valence-electron chi connectivity index (χ4n) is 2.62. The van der Waals surface area contributed by atoms with Crippen LogP contribution >= 0.6 is 0 Å². The predicted molar refractivity (Wildman–Crippen MR) is 92.3 cm³/mol. The van der Waals surface area contributed by atoms with Crippen LogP contribution < -0.4 is 0 Å². The van der Waals surface area contributed by atoms with Crippen LogP contribution in [0.2, 0.25) is 0 Å². The Bertz CT molecular complexity index is 845. The van der Waals surface area contributed by atoms with E-state index in [1.54, 1.807) is 13.8 Å². The molecule has 0 spiro atoms. The number of hydrogen-bond acceptors (Lipinski definition) is 2. The molecule has 148 valence electrons. The monoisotopic (exact) mass is 431 g/mol. The van der Waals surface area contributed by atoms with Crippen LogP contribution in [0.15, 0.2) is 30.3 Å². The number of nitrogens with zero attached hydrogens (tertiary/aromatic N) is 1. The zero-order valence-corrected chi connectivity index (χ0v) is 14.2. The number of benzene rings is 1. The third-order valence-electron chi connectivity index (χ3n) is 3.72. The van der Waals surface area contributed by atoms with Crippen LogP contribution in [0.3, 0.4) is 0 Å². The van der Waals surface area contributed by atoms with Gasteiger partial charge in [-0.05, 0) is 36.1 Å². The van der Waals surface area contributed by atoms with E-state index in [0.29, 0.717) is 0 Å². The number of alkyl halides is 6. The molecule has 0 amide bonds. The first-order valence-electron chi connectivity index (χ1n) is 7.82. The van der Waals surface area contributed by atoms with Gasteiger partial charge in [-0.3, -0.25) is 0 Å². The van der Waals surface area contributed by atoms with Gasteiger partial charge in [0, 0.05) is 5.56 Å². The zero-order chi connectivity index (χ0) is 20.6. The van der Waals surface area contributed by atoms with E-state index < -0.39 is 35.1 Å². The number of rotatable bonds is 4. The Morgan fingerprint density at radius 1 is 1.04 bits per heavy atom. The fraction of sp³-hybridized carbons (Fsp3) is 0.333. The van der Waals surface area contributed by atoms with Crippen LogP contribution in [-0.4, -0.2) is 67.4 Å². The van der Waals surface area contributed by atoms with Gasteiger partial charge in [0.05, 0.1) is 16.8 Å². The number of carboxylic acids is 1. The van der Waals surface area contributed by atoms with Crippen LogP contribution in [0.4, 0.5) is 26.3 Å². The first-order chi connectivity index (χ1) is 12.3. The van der Waals surface area contributed by atoms with E-state index >= 15 is 0 Å². The van der Waals surface area contributed by atoms with Gasteiger partial charge in [-0.1, -0.05) is 26.0 Å². The Kier molecular flexibility index (Phi) is 8.29. The van der Waals surface area contributed by atoms with Crippen molar-refractivity contribution >= 4 is 57.4 Å². The first kappa shape index (κ1) is 25.1. The summed E-state index contributed by atoms with van der Waals surface area (Å²) in [4.78, 5) is 14.8. The molecule has 0 aliphatic heterocycles. The van der Waals surface area contributed by atoms with Gasteiger partial charge in [-0.15, -0.1) is 0 Å². The van der Waals surface area contributed by atoms with Gasteiger partial charge in [0.1, 0.15) is 0 Å². The van der Waals surface area contributed by atoms with E-state index in [2.05, 4.69) is 4.98 Å². The Hall–Kier alpha value is -0.944. The average molecular weight is 431 g/mol. The Labute approximate surface area is 199 Å². The van der Waals surface area contributed by atoms with Crippen molar-refractivity contribution in [1.82, 2.24) is 4.98 Å². The van der Waals surface area contributed by atoms with E-state index in [1.807, 2.05) is 0 Å². The topological polar surface area (TPSA) is 50.2 Å². The second-order valence-electron chi connectivity index (χ2n) is 6.37. The molecule has 2 rings (SSSR count). The number of halogens is 6. The molecule has 2 aromatic rings. The van der Waals surface area contributed by atoms with Crippen LogP contribution in [0.1, 0.15) is 41.0 Å². The third kappa shape index (κ3) is 6.03. The molecule has 0 saturated carbocycles. The molecule has 0 fully saturated rings. The van der Waals surface area contributed by atoms with E-state index in [1.165, 1.54) is 6.07 Å². The Morgan fingerprint density at radius 3 is 1.96 bits per heavy atom. The van der Waals surface area contributed by atoms with E-state index in [4.69, 9.17) is 0 Å². The Balaban J connectivity index is 0.00000392. The van der Waals surface area contributed by atoms with Crippen molar-refractivity contribution in [3.05, 3.63) is 52.7 Å². The van der Waals surface area contributed by atoms with Crippen molar-refractivity contribution in [2.24, 2.45) is 5.92 Å². The third-order valence-corrected chi connectivity index (χ3v) is 3.72. The summed E-state index contributed by atoms with van der Waals surface area (Å²) in [6.07, 6.45) is -9.57. The first-order valence-corrected chi connectivity index (χ1v) is 7.82. The zero-order valence-electron chi connectivity index (χ0n) is 14.2. The minimum atomic E-state index is -5.03. The fourth-order valence-corrected chi connectivity index (χ4v) is 2.62. The summed E-state index contributed by atoms with van der Waals surface area (Å²) in [5.41, 5.74) is -3.75. The molecule has 0 aliphatic rings. The van der Waals surface area contributed by atoms with Crippen molar-refractivity contribution in [2.75, 3.05) is 0 Å². The SMILES string of the molecule is CC(C)Cc1cc(-c2ccc(C(F)(F)F)cc2)nc(C(F)(F)F)c1C(=O)O.[KH]. The van der Waals surface area contributed by atoms with Gasteiger partial charge in [-0.25, -0.2) is 9.78 Å². The van der Waals surface area contributed by atoms with Gasteiger partial charge in [0.15, 0.2) is 5.69 Å². The summed E-state index contributed by atoms with van der Waals surface area (Å²) >= 11 is 0. The van der Waals surface area contributed by atoms with Gasteiger partial charge in [0.25, 0.3) is 0 Å². The molecule has 28 heavy (non-hydrogen) atoms. The van der Waals surface area contributed by atoms with Crippen molar-refractivity contribution < 1.29 is 36.2 Å². The van der Waals surface area contributed by atoms with Crippen LogP contribution in [-0.2, 0) is 18.8 Å². The molecule has 0 atom stereocenters. The maximum atomic E-state index is 13.4. The molecule has 0 bridgehead atoms. The molecule has 0 aliphatic carbocycles. The summed E-state index contributed by atoms with van der Waals surface area (Å²) in [6.45, 7) is 3.41. The molecule has 1 heterocycles. The number of carboxylic acid groups (broad SMARTS) is 1. The molecule has 3 nitrogen and oxygen atoms in total. The van der Waals surface area contributed by atoms with E-state index in [9.17, 15) is 36.2 Å². The van der Waals surface area contributed by atoms with Crippen molar-refractivity contribution in [3.8, 4) is 11.3 Å². The summed E-state index contributed by atoms with van der Waals surface area (Å²) < 4.78 is 78.1. The van der Waals surface area contributed by atoms with E-state index in [0.717, 1.165) is 24.3 Å². The van der Waals surface area contributed by atoms with Gasteiger partial charge in [0.2, 0.25) is 0 Å². The second-order valence-corrected chi connectivity index (χ2v) is 6.37. The summed E-state index contributed by atoms with van der Waals surface area (Å²) in [7, 11) is 0. The molecule has 1 aromatic carbocycles. The minimum absolute atomic E-state index is 0. The normalized spacial score (nSPS) is 12.0. The molecule has 10 heteroatoms. The molecular formula is C18H16F6KNO2. The molecular weight excluding hydrogens is 415 g/mol. The standard InChI is InChI=1S/C18H15F6NO2.K.H/c1-9(2)7-11-8-13(10-3-5-12(6-4-10)17(19,20)21)25-15(18(22,23)24)14(11)16(26)27;;/h3-6,8-9H,7H2,1-2H3,(H,26,27);;. The van der Waals surface area contributed by atoms with Crippen LogP contribution in [0.5, 0.6) is 0 Å². The molecule has 1 N–H and O–H groups in total. The summed E-state index contributed by atoms with van der Waals surface area (Å²) in [5.74, 6) is -1.91. The van der Waals surface area contributed by atoms with Gasteiger partial charge in [-0.2, -0.15) is 26.3 Å². The van der Waals surface area contributed by atoms with E-state index in [-0.39, 0.29) is 80.5 Å². The Morgan fingerprint density at radius 2 is 1.57 bits per heavy atom. The van der Waals surface area contributed by atoms with Crippen LogP contribution in [0, 0.1) is 5.92 Å². The molecule has 1 aromatic heterocycles. The van der Waals surface area contributed by atoms with Crippen molar-refractivity contribution in [3.63, 3.8) is 0 Å².